The number of piperazine rings is 1. The number of imide groups is 1. The number of hydrogen-bond donors (Lipinski definition) is 0. The Labute approximate surface area is 187 Å². The molecule has 8 heteroatoms. The number of rotatable bonds is 6. The van der Waals surface area contributed by atoms with Gasteiger partial charge in [-0.15, -0.1) is 12.4 Å². The Kier molecular flexibility index (Phi) is 6.25. The fraction of sp³-hybridized carbons (Fsp3) is 0.348. The summed E-state index contributed by atoms with van der Waals surface area (Å²) in [6.45, 7) is 5.21. The second-order valence-corrected chi connectivity index (χ2v) is 7.85. The van der Waals surface area contributed by atoms with Crippen molar-refractivity contribution in [2.75, 3.05) is 44.2 Å². The zero-order valence-corrected chi connectivity index (χ0v) is 18.0. The topological polar surface area (TPSA) is 69.9 Å². The van der Waals surface area contributed by atoms with Crippen LogP contribution < -0.4 is 4.90 Å². The molecule has 31 heavy (non-hydrogen) atoms. The van der Waals surface area contributed by atoms with Crippen LogP contribution in [0.15, 0.2) is 53.1 Å². The third-order valence-corrected chi connectivity index (χ3v) is 6.01. The molecule has 0 N–H and O–H groups in total. The van der Waals surface area contributed by atoms with E-state index in [4.69, 9.17) is 4.52 Å². The standard InChI is InChI=1S/C23H24N4O3.ClH/c28-22-17-7-1-2-8-18(17)23(29)27(22)12-6-5-11-25-13-15-26(16-14-25)21-19-9-3-4-10-20(19)30-24-21;/h1-4,7-10H,5-6,11-16H2;1H. The lowest BCUT2D eigenvalue weighted by Crippen LogP contribution is -2.46. The van der Waals surface area contributed by atoms with E-state index in [0.29, 0.717) is 17.7 Å². The monoisotopic (exact) mass is 440 g/mol. The highest BCUT2D eigenvalue weighted by atomic mass is 35.5. The van der Waals surface area contributed by atoms with E-state index in [9.17, 15) is 9.59 Å². The predicted octanol–water partition coefficient (Wildman–Crippen LogP) is 3.45. The molecule has 2 amide bonds. The first-order valence-electron chi connectivity index (χ1n) is 10.5. The van der Waals surface area contributed by atoms with Gasteiger partial charge < -0.3 is 9.42 Å². The van der Waals surface area contributed by atoms with Crippen LogP contribution in [-0.2, 0) is 0 Å². The van der Waals surface area contributed by atoms with Crippen LogP contribution in [0, 0.1) is 0 Å². The highest BCUT2D eigenvalue weighted by Crippen LogP contribution is 2.26. The Morgan fingerprint density at radius 2 is 1.42 bits per heavy atom. The Morgan fingerprint density at radius 1 is 0.806 bits per heavy atom. The average Bonchev–Trinajstić information content (AvgIpc) is 3.32. The molecule has 0 spiro atoms. The maximum atomic E-state index is 12.4. The van der Waals surface area contributed by atoms with Gasteiger partial charge in [0.2, 0.25) is 0 Å². The summed E-state index contributed by atoms with van der Waals surface area (Å²) in [5, 5.41) is 5.32. The van der Waals surface area contributed by atoms with E-state index in [2.05, 4.69) is 15.0 Å². The van der Waals surface area contributed by atoms with E-state index in [-0.39, 0.29) is 24.2 Å². The summed E-state index contributed by atoms with van der Waals surface area (Å²) >= 11 is 0. The van der Waals surface area contributed by atoms with E-state index in [0.717, 1.165) is 62.4 Å². The van der Waals surface area contributed by atoms with Gasteiger partial charge in [-0.05, 0) is 43.7 Å². The van der Waals surface area contributed by atoms with Gasteiger partial charge in [-0.2, -0.15) is 0 Å². The van der Waals surface area contributed by atoms with Crippen molar-refractivity contribution in [3.63, 3.8) is 0 Å². The van der Waals surface area contributed by atoms with Crippen LogP contribution in [0.2, 0.25) is 0 Å². The number of amides is 2. The molecule has 0 atom stereocenters. The SMILES string of the molecule is Cl.O=C1c2ccccc2C(=O)N1CCCCN1CCN(c2noc3ccccc23)CC1. The van der Waals surface area contributed by atoms with Gasteiger partial charge in [-0.3, -0.25) is 19.4 Å². The van der Waals surface area contributed by atoms with Crippen LogP contribution in [0.1, 0.15) is 33.6 Å². The summed E-state index contributed by atoms with van der Waals surface area (Å²) in [7, 11) is 0. The van der Waals surface area contributed by atoms with Crippen molar-refractivity contribution in [2.45, 2.75) is 12.8 Å². The first kappa shape index (κ1) is 21.3. The van der Waals surface area contributed by atoms with Gasteiger partial charge in [0.1, 0.15) is 0 Å². The second kappa shape index (κ2) is 9.08. The number of carbonyl (C=O) groups is 2. The molecule has 1 fully saturated rings. The average molecular weight is 441 g/mol. The van der Waals surface area contributed by atoms with Gasteiger partial charge in [0.05, 0.1) is 16.5 Å². The van der Waals surface area contributed by atoms with E-state index in [1.807, 2.05) is 24.3 Å². The first-order valence-corrected chi connectivity index (χ1v) is 10.5. The number of aromatic nitrogens is 1. The number of para-hydroxylation sites is 1. The minimum Gasteiger partial charge on any atom is -0.354 e. The summed E-state index contributed by atoms with van der Waals surface area (Å²) in [6.07, 6.45) is 1.78. The van der Waals surface area contributed by atoms with Crippen LogP contribution in [0.3, 0.4) is 0 Å². The molecule has 0 saturated carbocycles. The number of carbonyl (C=O) groups excluding carboxylic acids is 2. The largest absolute Gasteiger partial charge is 0.354 e. The van der Waals surface area contributed by atoms with E-state index >= 15 is 0 Å². The molecule has 0 radical (unpaired) electrons. The van der Waals surface area contributed by atoms with E-state index in [1.54, 1.807) is 24.3 Å². The Morgan fingerprint density at radius 3 is 2.13 bits per heavy atom. The summed E-state index contributed by atoms with van der Waals surface area (Å²) in [4.78, 5) is 30.9. The number of hydrogen-bond acceptors (Lipinski definition) is 6. The Balaban J connectivity index is 0.00000231. The van der Waals surface area contributed by atoms with Gasteiger partial charge in [-0.25, -0.2) is 0 Å². The van der Waals surface area contributed by atoms with Gasteiger partial charge in [-0.1, -0.05) is 29.4 Å². The van der Waals surface area contributed by atoms with Crippen LogP contribution >= 0.6 is 12.4 Å². The summed E-state index contributed by atoms with van der Waals surface area (Å²) in [5.41, 5.74) is 1.88. The van der Waals surface area contributed by atoms with Crippen molar-refractivity contribution in [1.82, 2.24) is 15.0 Å². The summed E-state index contributed by atoms with van der Waals surface area (Å²) in [6, 6.07) is 15.0. The Bertz CT molecular complexity index is 1060. The molecular weight excluding hydrogens is 416 g/mol. The molecule has 2 aliphatic rings. The fourth-order valence-corrected chi connectivity index (χ4v) is 4.33. The summed E-state index contributed by atoms with van der Waals surface area (Å²) in [5.74, 6) is 0.601. The molecule has 0 aliphatic carbocycles. The number of benzene rings is 2. The lowest BCUT2D eigenvalue weighted by molar-refractivity contribution is 0.0650. The highest BCUT2D eigenvalue weighted by molar-refractivity contribution is 6.21. The molecule has 1 aromatic heterocycles. The summed E-state index contributed by atoms with van der Waals surface area (Å²) < 4.78 is 5.43. The lowest BCUT2D eigenvalue weighted by atomic mass is 10.1. The fourth-order valence-electron chi connectivity index (χ4n) is 4.33. The zero-order chi connectivity index (χ0) is 20.5. The zero-order valence-electron chi connectivity index (χ0n) is 17.2. The lowest BCUT2D eigenvalue weighted by Gasteiger charge is -2.34. The van der Waals surface area contributed by atoms with Gasteiger partial charge in [0.15, 0.2) is 11.4 Å². The van der Waals surface area contributed by atoms with Crippen molar-refractivity contribution in [1.29, 1.82) is 0 Å². The van der Waals surface area contributed by atoms with Crippen LogP contribution in [0.25, 0.3) is 11.0 Å². The van der Waals surface area contributed by atoms with Crippen molar-refractivity contribution in [2.24, 2.45) is 0 Å². The molecule has 3 aromatic rings. The molecule has 3 heterocycles. The normalized spacial score (nSPS) is 16.6. The van der Waals surface area contributed by atoms with Crippen molar-refractivity contribution in [3.05, 3.63) is 59.7 Å². The third kappa shape index (κ3) is 4.03. The van der Waals surface area contributed by atoms with E-state index in [1.165, 1.54) is 4.90 Å². The maximum absolute atomic E-state index is 12.4. The van der Waals surface area contributed by atoms with Crippen molar-refractivity contribution >= 4 is 41.0 Å². The van der Waals surface area contributed by atoms with Crippen molar-refractivity contribution in [3.8, 4) is 0 Å². The second-order valence-electron chi connectivity index (χ2n) is 7.85. The Hall–Kier alpha value is -2.90. The van der Waals surface area contributed by atoms with E-state index < -0.39 is 0 Å². The molecule has 2 aromatic carbocycles. The molecule has 5 rings (SSSR count). The molecular formula is C23H25ClN4O3. The van der Waals surface area contributed by atoms with Crippen molar-refractivity contribution < 1.29 is 14.1 Å². The molecule has 0 bridgehead atoms. The molecule has 0 unspecified atom stereocenters. The smallest absolute Gasteiger partial charge is 0.261 e. The minimum absolute atomic E-state index is 0. The number of nitrogens with zero attached hydrogens (tertiary/aromatic N) is 4. The van der Waals surface area contributed by atoms with Crippen LogP contribution in [0.5, 0.6) is 0 Å². The molecule has 1 saturated heterocycles. The number of anilines is 1. The van der Waals surface area contributed by atoms with Gasteiger partial charge in [0, 0.05) is 32.7 Å². The number of fused-ring (bicyclic) bond motifs is 2. The maximum Gasteiger partial charge on any atom is 0.261 e. The molecule has 162 valence electrons. The quantitative estimate of drug-likeness (QED) is 0.432. The van der Waals surface area contributed by atoms with Gasteiger partial charge in [0.25, 0.3) is 11.8 Å². The number of halogens is 1. The van der Waals surface area contributed by atoms with Crippen LogP contribution in [0.4, 0.5) is 5.82 Å². The minimum atomic E-state index is -0.163. The predicted molar refractivity (Wildman–Crippen MR) is 121 cm³/mol. The van der Waals surface area contributed by atoms with Crippen LogP contribution in [-0.4, -0.2) is 66.0 Å². The first-order chi connectivity index (χ1) is 14.7. The number of unbranched alkanes of at least 4 members (excludes halogenated alkanes) is 1. The third-order valence-electron chi connectivity index (χ3n) is 6.01. The molecule has 2 aliphatic heterocycles. The highest BCUT2D eigenvalue weighted by Gasteiger charge is 2.34. The van der Waals surface area contributed by atoms with Gasteiger partial charge >= 0.3 is 0 Å². The molecule has 7 nitrogen and oxygen atoms in total.